The van der Waals surface area contributed by atoms with Gasteiger partial charge in [0.1, 0.15) is 0 Å². The van der Waals surface area contributed by atoms with Gasteiger partial charge in [0.05, 0.1) is 4.83 Å². The topological polar surface area (TPSA) is 20.3 Å². The minimum atomic E-state index is -0.188. The average Bonchev–Trinajstić information content (AvgIpc) is 2.14. The zero-order chi connectivity index (χ0) is 12.3. The maximum Gasteiger partial charge on any atom is 0.236 e. The van der Waals surface area contributed by atoms with E-state index in [1.165, 1.54) is 0 Å². The van der Waals surface area contributed by atoms with Crippen molar-refractivity contribution in [2.24, 2.45) is 0 Å². The lowest BCUT2D eigenvalue weighted by Gasteiger charge is -2.18. The van der Waals surface area contributed by atoms with Crippen LogP contribution >= 0.6 is 39.1 Å². The van der Waals surface area contributed by atoms with Crippen molar-refractivity contribution in [3.63, 3.8) is 0 Å². The normalized spacial score (nSPS) is 12.3. The molecule has 0 radical (unpaired) electrons. The van der Waals surface area contributed by atoms with Crippen molar-refractivity contribution < 1.29 is 4.79 Å². The number of rotatable bonds is 3. The van der Waals surface area contributed by atoms with E-state index in [2.05, 4.69) is 15.9 Å². The number of alkyl halides is 1. The Labute approximate surface area is 114 Å². The summed E-state index contributed by atoms with van der Waals surface area (Å²) in [5.41, 5.74) is 0.918. The Bertz CT molecular complexity index is 375. The van der Waals surface area contributed by atoms with E-state index < -0.39 is 0 Å². The van der Waals surface area contributed by atoms with Gasteiger partial charge in [0.15, 0.2) is 0 Å². The number of hydrogen-bond acceptors (Lipinski definition) is 1. The number of halogens is 3. The van der Waals surface area contributed by atoms with E-state index in [1.54, 1.807) is 37.1 Å². The summed E-state index contributed by atoms with van der Waals surface area (Å²) in [7, 11) is 1.74. The van der Waals surface area contributed by atoms with Gasteiger partial charge in [-0.1, -0.05) is 39.1 Å². The van der Waals surface area contributed by atoms with E-state index in [1.807, 2.05) is 0 Å². The van der Waals surface area contributed by atoms with Crippen LogP contribution in [0, 0.1) is 0 Å². The third kappa shape index (κ3) is 3.96. The molecule has 0 N–H and O–H groups in total. The molecule has 5 heteroatoms. The molecule has 1 aromatic carbocycles. The Hall–Kier alpha value is -0.250. The standard InChI is InChI=1S/C11H12BrCl2NO/c1-7(12)11(16)15(2)6-8-3-9(13)5-10(14)4-8/h3-5,7H,6H2,1-2H3. The van der Waals surface area contributed by atoms with Gasteiger partial charge in [0, 0.05) is 23.6 Å². The van der Waals surface area contributed by atoms with Crippen LogP contribution in [0.4, 0.5) is 0 Å². The lowest BCUT2D eigenvalue weighted by molar-refractivity contribution is -0.129. The molecule has 0 saturated carbocycles. The van der Waals surface area contributed by atoms with Crippen LogP contribution in [-0.2, 0) is 11.3 Å². The maximum atomic E-state index is 11.6. The fraction of sp³-hybridized carbons (Fsp3) is 0.364. The number of benzene rings is 1. The van der Waals surface area contributed by atoms with Gasteiger partial charge in [0.2, 0.25) is 5.91 Å². The monoisotopic (exact) mass is 323 g/mol. The van der Waals surface area contributed by atoms with Gasteiger partial charge < -0.3 is 4.90 Å². The molecule has 2 nitrogen and oxygen atoms in total. The molecule has 0 bridgehead atoms. The van der Waals surface area contributed by atoms with Crippen LogP contribution in [0.25, 0.3) is 0 Å². The Morgan fingerprint density at radius 1 is 1.38 bits per heavy atom. The van der Waals surface area contributed by atoms with Crippen LogP contribution in [0.1, 0.15) is 12.5 Å². The quantitative estimate of drug-likeness (QED) is 0.776. The highest BCUT2D eigenvalue weighted by Gasteiger charge is 2.14. The zero-order valence-corrected chi connectivity index (χ0v) is 12.1. The predicted molar refractivity (Wildman–Crippen MR) is 71.3 cm³/mol. The molecule has 0 aromatic heterocycles. The van der Waals surface area contributed by atoms with E-state index >= 15 is 0 Å². The zero-order valence-electron chi connectivity index (χ0n) is 9.01. The molecule has 0 aliphatic rings. The molecular formula is C11H12BrCl2NO. The molecule has 0 aliphatic heterocycles. The first-order valence-corrected chi connectivity index (χ1v) is 6.41. The molecule has 88 valence electrons. The molecular weight excluding hydrogens is 313 g/mol. The molecule has 16 heavy (non-hydrogen) atoms. The van der Waals surface area contributed by atoms with E-state index in [-0.39, 0.29) is 10.7 Å². The van der Waals surface area contributed by atoms with Crippen LogP contribution in [0.2, 0.25) is 10.0 Å². The van der Waals surface area contributed by atoms with Crippen molar-refractivity contribution in [3.05, 3.63) is 33.8 Å². The van der Waals surface area contributed by atoms with Crippen molar-refractivity contribution in [3.8, 4) is 0 Å². The van der Waals surface area contributed by atoms with Crippen LogP contribution in [0.3, 0.4) is 0 Å². The third-order valence-corrected chi connectivity index (χ3v) is 2.89. The van der Waals surface area contributed by atoms with Crippen LogP contribution in [0.15, 0.2) is 18.2 Å². The number of amides is 1. The molecule has 1 atom stereocenters. The second kappa shape index (κ2) is 5.89. The minimum Gasteiger partial charge on any atom is -0.340 e. The van der Waals surface area contributed by atoms with Crippen LogP contribution in [0.5, 0.6) is 0 Å². The second-order valence-corrected chi connectivity index (χ2v) is 5.83. The number of carbonyl (C=O) groups is 1. The Kier molecular flexibility index (Phi) is 5.09. The highest BCUT2D eigenvalue weighted by atomic mass is 79.9. The molecule has 0 aliphatic carbocycles. The van der Waals surface area contributed by atoms with Gasteiger partial charge in [-0.25, -0.2) is 0 Å². The van der Waals surface area contributed by atoms with E-state index in [0.717, 1.165) is 5.56 Å². The van der Waals surface area contributed by atoms with Gasteiger partial charge in [-0.3, -0.25) is 4.79 Å². The number of nitrogens with zero attached hydrogens (tertiary/aromatic N) is 1. The van der Waals surface area contributed by atoms with Gasteiger partial charge in [-0.15, -0.1) is 0 Å². The summed E-state index contributed by atoms with van der Waals surface area (Å²) in [6.07, 6.45) is 0. The van der Waals surface area contributed by atoms with Crippen molar-refractivity contribution in [2.45, 2.75) is 18.3 Å². The second-order valence-electron chi connectivity index (χ2n) is 3.59. The first kappa shape index (κ1) is 13.8. The lowest BCUT2D eigenvalue weighted by atomic mass is 10.2. The molecule has 1 rings (SSSR count). The van der Waals surface area contributed by atoms with E-state index in [9.17, 15) is 4.79 Å². The molecule has 1 unspecified atom stereocenters. The molecule has 0 spiro atoms. The van der Waals surface area contributed by atoms with Gasteiger partial charge in [0.25, 0.3) is 0 Å². The summed E-state index contributed by atoms with van der Waals surface area (Å²) >= 11 is 15.0. The molecule has 0 saturated heterocycles. The van der Waals surface area contributed by atoms with Crippen molar-refractivity contribution in [1.82, 2.24) is 4.90 Å². The number of hydrogen-bond donors (Lipinski definition) is 0. The minimum absolute atomic E-state index is 0.0242. The van der Waals surface area contributed by atoms with Crippen LogP contribution in [-0.4, -0.2) is 22.7 Å². The van der Waals surface area contributed by atoms with Gasteiger partial charge in [-0.2, -0.15) is 0 Å². The highest BCUT2D eigenvalue weighted by molar-refractivity contribution is 9.10. The Morgan fingerprint density at radius 3 is 2.31 bits per heavy atom. The summed E-state index contributed by atoms with van der Waals surface area (Å²) < 4.78 is 0. The fourth-order valence-electron chi connectivity index (χ4n) is 1.36. The van der Waals surface area contributed by atoms with Crippen molar-refractivity contribution in [2.75, 3.05) is 7.05 Å². The first-order valence-electron chi connectivity index (χ1n) is 4.74. The summed E-state index contributed by atoms with van der Waals surface area (Å²) in [6, 6.07) is 5.27. The molecule has 1 amide bonds. The number of carbonyl (C=O) groups excluding carboxylic acids is 1. The molecule has 0 heterocycles. The molecule has 1 aromatic rings. The summed E-state index contributed by atoms with van der Waals surface area (Å²) in [5, 5.41) is 1.16. The Morgan fingerprint density at radius 2 is 1.88 bits per heavy atom. The van der Waals surface area contributed by atoms with Gasteiger partial charge >= 0.3 is 0 Å². The smallest absolute Gasteiger partial charge is 0.236 e. The summed E-state index contributed by atoms with van der Waals surface area (Å²) in [4.78, 5) is 13.1. The predicted octanol–water partition coefficient (Wildman–Crippen LogP) is 3.74. The maximum absolute atomic E-state index is 11.6. The van der Waals surface area contributed by atoms with Gasteiger partial charge in [-0.05, 0) is 30.7 Å². The summed E-state index contributed by atoms with van der Waals surface area (Å²) in [5.74, 6) is 0.0242. The largest absolute Gasteiger partial charge is 0.340 e. The fourth-order valence-corrected chi connectivity index (χ4v) is 2.28. The van der Waals surface area contributed by atoms with Crippen molar-refractivity contribution in [1.29, 1.82) is 0 Å². The third-order valence-electron chi connectivity index (χ3n) is 2.06. The first-order chi connectivity index (χ1) is 7.40. The van der Waals surface area contributed by atoms with E-state index in [4.69, 9.17) is 23.2 Å². The lowest BCUT2D eigenvalue weighted by Crippen LogP contribution is -2.31. The SMILES string of the molecule is CC(Br)C(=O)N(C)Cc1cc(Cl)cc(Cl)c1. The van der Waals surface area contributed by atoms with Crippen LogP contribution < -0.4 is 0 Å². The highest BCUT2D eigenvalue weighted by Crippen LogP contribution is 2.20. The Balaban J connectivity index is 2.76. The average molecular weight is 325 g/mol. The van der Waals surface area contributed by atoms with E-state index in [0.29, 0.717) is 16.6 Å². The summed E-state index contributed by atoms with van der Waals surface area (Å²) in [6.45, 7) is 2.29. The molecule has 0 fully saturated rings. The van der Waals surface area contributed by atoms with Crippen molar-refractivity contribution >= 4 is 45.0 Å².